The highest BCUT2D eigenvalue weighted by molar-refractivity contribution is 5.78. The lowest BCUT2D eigenvalue weighted by atomic mass is 9.96. The fourth-order valence-electron chi connectivity index (χ4n) is 1.52. The van der Waals surface area contributed by atoms with E-state index in [1.807, 2.05) is 0 Å². The molecule has 0 heterocycles. The quantitative estimate of drug-likeness (QED) is 0.769. The molecule has 82 valence electrons. The smallest absolute Gasteiger partial charge is 0.356 e. The molecule has 0 N–H and O–H groups in total. The van der Waals surface area contributed by atoms with Gasteiger partial charge in [-0.05, 0) is 12.5 Å². The van der Waals surface area contributed by atoms with Crippen LogP contribution in [0.4, 0.5) is 4.53 Å². The van der Waals surface area contributed by atoms with Crippen molar-refractivity contribution >= 4 is 5.97 Å². The predicted molar refractivity (Wildman–Crippen MR) is 53.2 cm³/mol. The van der Waals surface area contributed by atoms with Crippen LogP contribution < -0.4 is 4.74 Å². The topological polar surface area (TPSA) is 35.5 Å². The minimum Gasteiger partial charge on any atom is -0.496 e. The molecule has 0 saturated heterocycles. The van der Waals surface area contributed by atoms with Crippen molar-refractivity contribution in [2.75, 3.05) is 7.11 Å². The molecule has 1 aromatic rings. The van der Waals surface area contributed by atoms with Gasteiger partial charge >= 0.3 is 5.97 Å². The molecule has 0 bridgehead atoms. The number of methoxy groups -OCH3 is 1. The number of carbonyl (C=O) groups is 1. The minimum absolute atomic E-state index is 0.461. The molecule has 0 radical (unpaired) electrons. The van der Waals surface area contributed by atoms with Crippen molar-refractivity contribution in [1.29, 1.82) is 0 Å². The average molecular weight is 212 g/mol. The summed E-state index contributed by atoms with van der Waals surface area (Å²) < 4.78 is 16.9. The van der Waals surface area contributed by atoms with E-state index in [0.717, 1.165) is 0 Å². The van der Waals surface area contributed by atoms with Crippen molar-refractivity contribution in [3.8, 4) is 5.75 Å². The Morgan fingerprint density at radius 2 is 2.13 bits per heavy atom. The zero-order valence-electron chi connectivity index (χ0n) is 8.70. The van der Waals surface area contributed by atoms with E-state index in [4.69, 9.17) is 4.74 Å². The van der Waals surface area contributed by atoms with Crippen LogP contribution in [0.1, 0.15) is 24.8 Å². The van der Waals surface area contributed by atoms with Gasteiger partial charge < -0.3 is 4.74 Å². The first-order chi connectivity index (χ1) is 7.24. The van der Waals surface area contributed by atoms with Crippen LogP contribution in [-0.4, -0.2) is 13.1 Å². The first-order valence-electron chi connectivity index (χ1n) is 4.69. The Morgan fingerprint density at radius 3 is 2.67 bits per heavy atom. The van der Waals surface area contributed by atoms with E-state index in [2.05, 4.69) is 4.94 Å². The van der Waals surface area contributed by atoms with E-state index in [9.17, 15) is 9.32 Å². The molecule has 0 aliphatic carbocycles. The molecule has 1 atom stereocenters. The van der Waals surface area contributed by atoms with E-state index >= 15 is 0 Å². The predicted octanol–water partition coefficient (Wildman–Crippen LogP) is 2.62. The van der Waals surface area contributed by atoms with Gasteiger partial charge in [0.2, 0.25) is 0 Å². The second-order valence-corrected chi connectivity index (χ2v) is 3.10. The summed E-state index contributed by atoms with van der Waals surface area (Å²) in [7, 11) is 1.51. The SMILES string of the molecule is CCC(C(=O)OF)c1ccccc1OC. The number of halogens is 1. The van der Waals surface area contributed by atoms with Gasteiger partial charge in [-0.15, -0.1) is 0 Å². The van der Waals surface area contributed by atoms with Crippen LogP contribution in [0.15, 0.2) is 24.3 Å². The van der Waals surface area contributed by atoms with Gasteiger partial charge in [-0.2, -0.15) is 0 Å². The molecular formula is C11H13FO3. The lowest BCUT2D eigenvalue weighted by molar-refractivity contribution is -0.185. The highest BCUT2D eigenvalue weighted by atomic mass is 19.3. The van der Waals surface area contributed by atoms with E-state index in [-0.39, 0.29) is 0 Å². The Hall–Kier alpha value is -1.58. The second kappa shape index (κ2) is 5.34. The molecule has 4 heteroatoms. The normalized spacial score (nSPS) is 11.9. The zero-order valence-corrected chi connectivity index (χ0v) is 8.70. The van der Waals surface area contributed by atoms with Crippen molar-refractivity contribution in [2.45, 2.75) is 19.3 Å². The number of carbonyl (C=O) groups excluding carboxylic acids is 1. The fourth-order valence-corrected chi connectivity index (χ4v) is 1.52. The summed E-state index contributed by atoms with van der Waals surface area (Å²) in [5.41, 5.74) is 0.644. The van der Waals surface area contributed by atoms with Crippen molar-refractivity contribution in [1.82, 2.24) is 0 Å². The molecule has 1 unspecified atom stereocenters. The zero-order chi connectivity index (χ0) is 11.3. The largest absolute Gasteiger partial charge is 0.496 e. The Kier molecular flexibility index (Phi) is 4.09. The number of hydrogen-bond donors (Lipinski definition) is 0. The molecule has 1 aromatic carbocycles. The highest BCUT2D eigenvalue weighted by Crippen LogP contribution is 2.29. The van der Waals surface area contributed by atoms with E-state index in [1.54, 1.807) is 31.2 Å². The number of para-hydroxylation sites is 1. The summed E-state index contributed by atoms with van der Waals surface area (Å²) >= 11 is 0. The van der Waals surface area contributed by atoms with Crippen molar-refractivity contribution < 1.29 is 19.0 Å². The minimum atomic E-state index is -0.887. The molecule has 0 saturated carbocycles. The van der Waals surface area contributed by atoms with E-state index < -0.39 is 11.9 Å². The third-order valence-corrected chi connectivity index (χ3v) is 2.28. The monoisotopic (exact) mass is 212 g/mol. The van der Waals surface area contributed by atoms with Gasteiger partial charge in [0.1, 0.15) is 5.75 Å². The molecular weight excluding hydrogens is 199 g/mol. The van der Waals surface area contributed by atoms with Gasteiger partial charge in [0.05, 0.1) is 13.0 Å². The highest BCUT2D eigenvalue weighted by Gasteiger charge is 2.24. The third kappa shape index (κ3) is 2.46. The summed E-state index contributed by atoms with van der Waals surface area (Å²) in [6.07, 6.45) is 0.461. The summed E-state index contributed by atoms with van der Waals surface area (Å²) in [6.45, 7) is 1.79. The molecule has 0 aromatic heterocycles. The average Bonchev–Trinajstić information content (AvgIpc) is 2.30. The molecule has 15 heavy (non-hydrogen) atoms. The molecule has 0 spiro atoms. The maximum absolute atomic E-state index is 11.9. The summed E-state index contributed by atoms with van der Waals surface area (Å²) in [6, 6.07) is 7.01. The number of rotatable bonds is 4. The Bertz CT molecular complexity index is 338. The van der Waals surface area contributed by atoms with Crippen LogP contribution >= 0.6 is 0 Å². The maximum Gasteiger partial charge on any atom is 0.356 e. The van der Waals surface area contributed by atoms with E-state index in [1.165, 1.54) is 7.11 Å². The van der Waals surface area contributed by atoms with E-state index in [0.29, 0.717) is 17.7 Å². The first-order valence-corrected chi connectivity index (χ1v) is 4.69. The van der Waals surface area contributed by atoms with Crippen LogP contribution in [0.3, 0.4) is 0 Å². The van der Waals surface area contributed by atoms with Gasteiger partial charge in [-0.3, -0.25) is 4.94 Å². The second-order valence-electron chi connectivity index (χ2n) is 3.10. The van der Waals surface area contributed by atoms with Crippen LogP contribution in [-0.2, 0) is 9.74 Å². The van der Waals surface area contributed by atoms with Crippen LogP contribution in [0, 0.1) is 0 Å². The lowest BCUT2D eigenvalue weighted by Crippen LogP contribution is -2.12. The van der Waals surface area contributed by atoms with Crippen LogP contribution in [0.25, 0.3) is 0 Å². The fraction of sp³-hybridized carbons (Fsp3) is 0.364. The van der Waals surface area contributed by atoms with Crippen LogP contribution in [0.2, 0.25) is 0 Å². The molecule has 0 fully saturated rings. The van der Waals surface area contributed by atoms with Crippen LogP contribution in [0.5, 0.6) is 5.75 Å². The molecule has 0 amide bonds. The van der Waals surface area contributed by atoms with Crippen molar-refractivity contribution in [3.63, 3.8) is 0 Å². The summed E-state index contributed by atoms with van der Waals surface area (Å²) in [5.74, 6) is -0.942. The number of ether oxygens (including phenoxy) is 1. The standard InChI is InChI=1S/C11H13FO3/c1-3-8(11(13)15-12)9-6-4-5-7-10(9)14-2/h4-8H,3H2,1-2H3. The van der Waals surface area contributed by atoms with Gasteiger partial charge in [0, 0.05) is 10.1 Å². The Morgan fingerprint density at radius 1 is 1.47 bits per heavy atom. The molecule has 1 rings (SSSR count). The molecule has 0 aliphatic heterocycles. The number of benzene rings is 1. The number of hydrogen-bond acceptors (Lipinski definition) is 3. The Labute approximate surface area is 87.7 Å². The van der Waals surface area contributed by atoms with Crippen molar-refractivity contribution in [3.05, 3.63) is 29.8 Å². The summed E-state index contributed by atoms with van der Waals surface area (Å²) in [4.78, 5) is 14.4. The third-order valence-electron chi connectivity index (χ3n) is 2.28. The first kappa shape index (κ1) is 11.5. The van der Waals surface area contributed by atoms with Crippen molar-refractivity contribution in [2.24, 2.45) is 0 Å². The molecule has 0 aliphatic rings. The summed E-state index contributed by atoms with van der Waals surface area (Å²) in [5, 5.41) is 0. The van der Waals surface area contributed by atoms with Gasteiger partial charge in [-0.1, -0.05) is 25.1 Å². The van der Waals surface area contributed by atoms with Gasteiger partial charge in [0.15, 0.2) is 0 Å². The lowest BCUT2D eigenvalue weighted by Gasteiger charge is -2.14. The Balaban J connectivity index is 3.05. The van der Waals surface area contributed by atoms with Gasteiger partial charge in [0.25, 0.3) is 0 Å². The molecule has 3 nitrogen and oxygen atoms in total. The maximum atomic E-state index is 11.9. The van der Waals surface area contributed by atoms with Gasteiger partial charge in [-0.25, -0.2) is 4.79 Å².